The van der Waals surface area contributed by atoms with Gasteiger partial charge in [-0.1, -0.05) is 6.07 Å². The lowest BCUT2D eigenvalue weighted by Gasteiger charge is -2.23. The topological polar surface area (TPSA) is 87.2 Å². The van der Waals surface area contributed by atoms with Crippen LogP contribution in [0.5, 0.6) is 0 Å². The van der Waals surface area contributed by atoms with Crippen molar-refractivity contribution in [1.29, 1.82) is 0 Å². The first-order chi connectivity index (χ1) is 13.4. The summed E-state index contributed by atoms with van der Waals surface area (Å²) < 4.78 is 0.830. The Morgan fingerprint density at radius 2 is 1.93 bits per heavy atom. The molecule has 2 heterocycles. The van der Waals surface area contributed by atoms with E-state index in [0.717, 1.165) is 15.4 Å². The largest absolute Gasteiger partial charge is 0.324 e. The minimum absolute atomic E-state index is 0.0590. The molecule has 2 aromatic heterocycles. The van der Waals surface area contributed by atoms with Crippen LogP contribution < -0.4 is 10.6 Å². The van der Waals surface area contributed by atoms with Crippen molar-refractivity contribution in [3.8, 4) is 0 Å². The predicted octanol–water partition coefficient (Wildman–Crippen LogP) is 3.29. The van der Waals surface area contributed by atoms with Gasteiger partial charge < -0.3 is 10.6 Å². The van der Waals surface area contributed by atoms with Crippen LogP contribution in [-0.2, 0) is 9.59 Å². The van der Waals surface area contributed by atoms with E-state index in [0.29, 0.717) is 11.5 Å². The average Bonchev–Trinajstić information content (AvgIpc) is 2.69. The number of pyridine rings is 2. The standard InChI is InChI=1S/C20H20BrN5O2/c1-13(26(2)12-19(27)25-18-9-8-14(21)11-23-18)20(28)24-17-7-3-6-16-15(17)5-4-10-22-16/h3-11,13H,12H2,1-2H3,(H,24,28)(H,23,25,27). The lowest BCUT2D eigenvalue weighted by Crippen LogP contribution is -2.43. The van der Waals surface area contributed by atoms with Gasteiger partial charge in [0, 0.05) is 22.3 Å². The van der Waals surface area contributed by atoms with E-state index < -0.39 is 6.04 Å². The Morgan fingerprint density at radius 3 is 2.68 bits per heavy atom. The second kappa shape index (κ2) is 8.90. The highest BCUT2D eigenvalue weighted by Crippen LogP contribution is 2.21. The summed E-state index contributed by atoms with van der Waals surface area (Å²) in [5.74, 6) is 0.0155. The molecule has 0 bridgehead atoms. The van der Waals surface area contributed by atoms with Crippen molar-refractivity contribution in [1.82, 2.24) is 14.9 Å². The molecular weight excluding hydrogens is 422 g/mol. The second-order valence-corrected chi connectivity index (χ2v) is 7.28. The van der Waals surface area contributed by atoms with Gasteiger partial charge in [0.25, 0.3) is 0 Å². The van der Waals surface area contributed by atoms with Gasteiger partial charge in [-0.05, 0) is 66.3 Å². The van der Waals surface area contributed by atoms with Crippen molar-refractivity contribution in [3.63, 3.8) is 0 Å². The number of halogens is 1. The van der Waals surface area contributed by atoms with Crippen LogP contribution in [0.4, 0.5) is 11.5 Å². The Balaban J connectivity index is 1.60. The molecular formula is C20H20BrN5O2. The summed E-state index contributed by atoms with van der Waals surface area (Å²) in [6, 6.07) is 12.3. The number of rotatable bonds is 6. The number of hydrogen-bond donors (Lipinski definition) is 2. The first kappa shape index (κ1) is 19.9. The smallest absolute Gasteiger partial charge is 0.241 e. The Bertz CT molecular complexity index is 988. The first-order valence-electron chi connectivity index (χ1n) is 8.70. The van der Waals surface area contributed by atoms with Crippen molar-refractivity contribution < 1.29 is 9.59 Å². The lowest BCUT2D eigenvalue weighted by atomic mass is 10.1. The number of nitrogens with one attached hydrogen (secondary N) is 2. The summed E-state index contributed by atoms with van der Waals surface area (Å²) in [6.07, 6.45) is 3.32. The van der Waals surface area contributed by atoms with E-state index in [1.165, 1.54) is 0 Å². The van der Waals surface area contributed by atoms with Gasteiger partial charge in [-0.3, -0.25) is 19.5 Å². The molecule has 144 valence electrons. The third-order valence-corrected chi connectivity index (χ3v) is 4.80. The second-order valence-electron chi connectivity index (χ2n) is 6.37. The van der Waals surface area contributed by atoms with Gasteiger partial charge in [0.05, 0.1) is 23.8 Å². The molecule has 0 spiro atoms. The van der Waals surface area contributed by atoms with Gasteiger partial charge in [0.2, 0.25) is 11.8 Å². The lowest BCUT2D eigenvalue weighted by molar-refractivity contribution is -0.122. The molecule has 1 unspecified atom stereocenters. The normalized spacial score (nSPS) is 12.0. The number of nitrogens with zero attached hydrogens (tertiary/aromatic N) is 3. The van der Waals surface area contributed by atoms with Crippen molar-refractivity contribution in [2.45, 2.75) is 13.0 Å². The fourth-order valence-electron chi connectivity index (χ4n) is 2.65. The molecule has 0 saturated heterocycles. The number of likely N-dealkylation sites (N-methyl/N-ethyl adjacent to an activating group) is 1. The highest BCUT2D eigenvalue weighted by molar-refractivity contribution is 9.10. The zero-order valence-corrected chi connectivity index (χ0v) is 17.1. The van der Waals surface area contributed by atoms with Crippen LogP contribution in [0.1, 0.15) is 6.92 Å². The molecule has 28 heavy (non-hydrogen) atoms. The molecule has 0 aliphatic rings. The number of carbonyl (C=O) groups excluding carboxylic acids is 2. The van der Waals surface area contributed by atoms with Crippen molar-refractivity contribution in [2.75, 3.05) is 24.2 Å². The van der Waals surface area contributed by atoms with Crippen LogP contribution in [0.25, 0.3) is 10.9 Å². The van der Waals surface area contributed by atoms with Gasteiger partial charge in [-0.2, -0.15) is 0 Å². The molecule has 1 aromatic carbocycles. The summed E-state index contributed by atoms with van der Waals surface area (Å²) in [5.41, 5.74) is 1.50. The van der Waals surface area contributed by atoms with Gasteiger partial charge >= 0.3 is 0 Å². The van der Waals surface area contributed by atoms with Crippen molar-refractivity contribution in [2.24, 2.45) is 0 Å². The molecule has 7 nitrogen and oxygen atoms in total. The summed E-state index contributed by atoms with van der Waals surface area (Å²) in [5, 5.41) is 6.51. The molecule has 0 aliphatic heterocycles. The van der Waals surface area contributed by atoms with E-state index >= 15 is 0 Å². The number of aromatic nitrogens is 2. The zero-order valence-electron chi connectivity index (χ0n) is 15.5. The fourth-order valence-corrected chi connectivity index (χ4v) is 2.88. The third-order valence-electron chi connectivity index (χ3n) is 4.33. The third kappa shape index (κ3) is 4.90. The van der Waals surface area contributed by atoms with Crippen molar-refractivity contribution in [3.05, 3.63) is 59.3 Å². The highest BCUT2D eigenvalue weighted by Gasteiger charge is 2.21. The molecule has 1 atom stereocenters. The summed E-state index contributed by atoms with van der Waals surface area (Å²) in [6.45, 7) is 1.81. The number of amides is 2. The van der Waals surface area contributed by atoms with Gasteiger partial charge in [-0.15, -0.1) is 0 Å². The maximum absolute atomic E-state index is 12.7. The summed E-state index contributed by atoms with van der Waals surface area (Å²) >= 11 is 3.30. The van der Waals surface area contributed by atoms with Crippen LogP contribution in [0.3, 0.4) is 0 Å². The average molecular weight is 442 g/mol. The Labute approximate surface area is 171 Å². The number of anilines is 2. The number of benzene rings is 1. The fraction of sp³-hybridized carbons (Fsp3) is 0.200. The van der Waals surface area contributed by atoms with Crippen molar-refractivity contribution >= 4 is 50.2 Å². The van der Waals surface area contributed by atoms with Crippen LogP contribution in [-0.4, -0.2) is 46.3 Å². The number of carbonyl (C=O) groups is 2. The van der Waals surface area contributed by atoms with E-state index in [1.807, 2.05) is 30.3 Å². The van der Waals surface area contributed by atoms with Gasteiger partial charge in [-0.25, -0.2) is 4.98 Å². The zero-order chi connectivity index (χ0) is 20.1. The number of hydrogen-bond acceptors (Lipinski definition) is 5. The molecule has 0 saturated carbocycles. The monoisotopic (exact) mass is 441 g/mol. The molecule has 2 N–H and O–H groups in total. The predicted molar refractivity (Wildman–Crippen MR) is 113 cm³/mol. The van der Waals surface area contributed by atoms with Crippen LogP contribution in [0, 0.1) is 0 Å². The molecule has 0 radical (unpaired) electrons. The number of fused-ring (bicyclic) bond motifs is 1. The Kier molecular flexibility index (Phi) is 6.33. The van der Waals surface area contributed by atoms with E-state index in [9.17, 15) is 9.59 Å². The maximum atomic E-state index is 12.7. The maximum Gasteiger partial charge on any atom is 0.241 e. The minimum atomic E-state index is -0.504. The molecule has 8 heteroatoms. The van der Waals surface area contributed by atoms with Crippen LogP contribution in [0.2, 0.25) is 0 Å². The van der Waals surface area contributed by atoms with E-state index in [-0.39, 0.29) is 18.4 Å². The van der Waals surface area contributed by atoms with E-state index in [4.69, 9.17) is 0 Å². The quantitative estimate of drug-likeness (QED) is 0.612. The molecule has 0 aliphatic carbocycles. The minimum Gasteiger partial charge on any atom is -0.324 e. The summed E-state index contributed by atoms with van der Waals surface area (Å²) in [4.78, 5) is 34.9. The SMILES string of the molecule is CC(C(=O)Nc1cccc2ncccc12)N(C)CC(=O)Nc1ccc(Br)cn1. The van der Waals surface area contributed by atoms with Gasteiger partial charge in [0.15, 0.2) is 0 Å². The van der Waals surface area contributed by atoms with Crippen LogP contribution in [0.15, 0.2) is 59.3 Å². The Hall–Kier alpha value is -2.84. The summed E-state index contributed by atoms with van der Waals surface area (Å²) in [7, 11) is 1.73. The molecule has 2 amide bonds. The van der Waals surface area contributed by atoms with Gasteiger partial charge in [0.1, 0.15) is 5.82 Å². The molecule has 3 aromatic rings. The molecule has 3 rings (SSSR count). The molecule has 0 fully saturated rings. The Morgan fingerprint density at radius 1 is 1.11 bits per heavy atom. The van der Waals surface area contributed by atoms with E-state index in [1.54, 1.807) is 43.4 Å². The van der Waals surface area contributed by atoms with E-state index in [2.05, 4.69) is 36.5 Å². The highest BCUT2D eigenvalue weighted by atomic mass is 79.9. The first-order valence-corrected chi connectivity index (χ1v) is 9.49. The van der Waals surface area contributed by atoms with Crippen LogP contribution >= 0.6 is 15.9 Å².